The molecular formula is C13H19Cl2NO2. The number of hydrogen-bond donors (Lipinski definition) is 2. The first-order chi connectivity index (χ1) is 8.28. The van der Waals surface area contributed by atoms with E-state index in [0.29, 0.717) is 22.3 Å². The first-order valence-corrected chi connectivity index (χ1v) is 6.54. The Bertz CT molecular complexity index is 391. The van der Waals surface area contributed by atoms with Crippen LogP contribution in [0.15, 0.2) is 18.2 Å². The van der Waals surface area contributed by atoms with Crippen LogP contribution in [0, 0.1) is 0 Å². The van der Waals surface area contributed by atoms with Gasteiger partial charge < -0.3 is 15.2 Å². The average molecular weight is 292 g/mol. The molecule has 0 aliphatic rings. The first-order valence-electron chi connectivity index (χ1n) is 5.79. The molecule has 1 atom stereocenters. The van der Waals surface area contributed by atoms with Crippen LogP contribution in [0.1, 0.15) is 20.8 Å². The Balaban J connectivity index is 2.42. The van der Waals surface area contributed by atoms with Gasteiger partial charge in [-0.05, 0) is 32.9 Å². The van der Waals surface area contributed by atoms with Gasteiger partial charge in [0.25, 0.3) is 0 Å². The van der Waals surface area contributed by atoms with Gasteiger partial charge in [-0.3, -0.25) is 0 Å². The molecule has 0 saturated heterocycles. The molecular weight excluding hydrogens is 273 g/mol. The van der Waals surface area contributed by atoms with Crippen LogP contribution in [0.5, 0.6) is 5.75 Å². The maximum atomic E-state index is 9.77. The van der Waals surface area contributed by atoms with Crippen LogP contribution in [0.25, 0.3) is 0 Å². The largest absolute Gasteiger partial charge is 0.489 e. The normalized spacial score (nSPS) is 13.4. The van der Waals surface area contributed by atoms with Crippen molar-refractivity contribution in [1.29, 1.82) is 0 Å². The summed E-state index contributed by atoms with van der Waals surface area (Å²) in [6.45, 7) is 6.74. The van der Waals surface area contributed by atoms with E-state index < -0.39 is 6.10 Å². The Morgan fingerprint density at radius 2 is 2.00 bits per heavy atom. The number of hydrogen-bond acceptors (Lipinski definition) is 3. The first kappa shape index (κ1) is 15.6. The Morgan fingerprint density at radius 3 is 2.61 bits per heavy atom. The number of aliphatic hydroxyl groups excluding tert-OH is 1. The number of benzene rings is 1. The highest BCUT2D eigenvalue weighted by Gasteiger charge is 2.13. The number of β-amino-alcohol motifs (C(OH)–C–C–N with tert-alkyl or cyclic N) is 1. The van der Waals surface area contributed by atoms with E-state index in [1.807, 2.05) is 20.8 Å². The van der Waals surface area contributed by atoms with Gasteiger partial charge in [-0.15, -0.1) is 0 Å². The minimum absolute atomic E-state index is 0.0331. The Hall–Kier alpha value is -0.480. The third-order valence-electron chi connectivity index (χ3n) is 2.19. The molecule has 5 heteroatoms. The van der Waals surface area contributed by atoms with Crippen LogP contribution in [0.4, 0.5) is 0 Å². The second-order valence-electron chi connectivity index (χ2n) is 5.17. The number of halogens is 2. The van der Waals surface area contributed by atoms with Crippen LogP contribution in [0.3, 0.4) is 0 Å². The molecule has 0 radical (unpaired) electrons. The Morgan fingerprint density at radius 1 is 1.33 bits per heavy atom. The molecule has 0 fully saturated rings. The molecule has 18 heavy (non-hydrogen) atoms. The molecule has 0 amide bonds. The smallest absolute Gasteiger partial charge is 0.139 e. The van der Waals surface area contributed by atoms with Crippen molar-refractivity contribution in [3.05, 3.63) is 28.2 Å². The predicted molar refractivity (Wildman–Crippen MR) is 75.7 cm³/mol. The molecule has 0 aliphatic heterocycles. The standard InChI is InChI=1S/C13H19Cl2NO2/c1-13(2,3)16-7-10(17)8-18-12-6-9(14)4-5-11(12)15/h4-6,10,16-17H,7-8H2,1-3H3/t10-/m0/s1. The fourth-order valence-corrected chi connectivity index (χ4v) is 1.59. The van der Waals surface area contributed by atoms with Crippen molar-refractivity contribution >= 4 is 23.2 Å². The molecule has 1 rings (SSSR count). The van der Waals surface area contributed by atoms with Crippen LogP contribution in [-0.4, -0.2) is 29.9 Å². The summed E-state index contributed by atoms with van der Waals surface area (Å²) in [5, 5.41) is 14.0. The number of nitrogens with one attached hydrogen (secondary N) is 1. The molecule has 2 N–H and O–H groups in total. The van der Waals surface area contributed by atoms with Gasteiger partial charge in [0.1, 0.15) is 18.5 Å². The lowest BCUT2D eigenvalue weighted by Gasteiger charge is -2.23. The maximum absolute atomic E-state index is 9.77. The average Bonchev–Trinajstić information content (AvgIpc) is 2.26. The summed E-state index contributed by atoms with van der Waals surface area (Å²) < 4.78 is 5.44. The van der Waals surface area contributed by atoms with E-state index in [1.54, 1.807) is 18.2 Å². The van der Waals surface area contributed by atoms with E-state index in [1.165, 1.54) is 0 Å². The predicted octanol–water partition coefficient (Wildman–Crippen LogP) is 3.12. The minimum Gasteiger partial charge on any atom is -0.489 e. The molecule has 102 valence electrons. The van der Waals surface area contributed by atoms with Crippen molar-refractivity contribution in [1.82, 2.24) is 5.32 Å². The van der Waals surface area contributed by atoms with Gasteiger partial charge in [0.15, 0.2) is 0 Å². The third kappa shape index (κ3) is 5.91. The Kier molecular flexibility index (Phi) is 5.73. The van der Waals surface area contributed by atoms with Crippen molar-refractivity contribution in [3.63, 3.8) is 0 Å². The van der Waals surface area contributed by atoms with E-state index in [0.717, 1.165) is 0 Å². The van der Waals surface area contributed by atoms with Gasteiger partial charge in [-0.25, -0.2) is 0 Å². The monoisotopic (exact) mass is 291 g/mol. The van der Waals surface area contributed by atoms with Crippen molar-refractivity contribution in [2.45, 2.75) is 32.4 Å². The van der Waals surface area contributed by atoms with Gasteiger partial charge in [0.2, 0.25) is 0 Å². The fourth-order valence-electron chi connectivity index (χ4n) is 1.26. The van der Waals surface area contributed by atoms with E-state index >= 15 is 0 Å². The van der Waals surface area contributed by atoms with Crippen molar-refractivity contribution < 1.29 is 9.84 Å². The van der Waals surface area contributed by atoms with Crippen molar-refractivity contribution in [2.75, 3.05) is 13.2 Å². The summed E-state index contributed by atoms with van der Waals surface area (Å²) in [5.41, 5.74) is -0.0331. The zero-order valence-electron chi connectivity index (χ0n) is 10.8. The molecule has 1 aromatic carbocycles. The quantitative estimate of drug-likeness (QED) is 0.876. The SMILES string of the molecule is CC(C)(C)NC[C@H](O)COc1cc(Cl)ccc1Cl. The summed E-state index contributed by atoms with van der Waals surface area (Å²) in [7, 11) is 0. The zero-order valence-corrected chi connectivity index (χ0v) is 12.3. The number of rotatable bonds is 5. The number of aliphatic hydroxyl groups is 1. The second-order valence-corrected chi connectivity index (χ2v) is 6.01. The molecule has 0 aliphatic carbocycles. The van der Waals surface area contributed by atoms with Crippen LogP contribution < -0.4 is 10.1 Å². The summed E-state index contributed by atoms with van der Waals surface area (Å²) in [5.74, 6) is 0.485. The second kappa shape index (κ2) is 6.62. The van der Waals surface area contributed by atoms with Gasteiger partial charge in [-0.2, -0.15) is 0 Å². The van der Waals surface area contributed by atoms with Crippen molar-refractivity contribution in [3.8, 4) is 5.75 Å². The molecule has 0 unspecified atom stereocenters. The maximum Gasteiger partial charge on any atom is 0.139 e. The molecule has 0 heterocycles. The molecule has 0 saturated carbocycles. The van der Waals surface area contributed by atoms with E-state index in [4.69, 9.17) is 27.9 Å². The third-order valence-corrected chi connectivity index (χ3v) is 2.74. The van der Waals surface area contributed by atoms with Gasteiger partial charge in [0.05, 0.1) is 5.02 Å². The van der Waals surface area contributed by atoms with Crippen LogP contribution in [0.2, 0.25) is 10.0 Å². The van der Waals surface area contributed by atoms with E-state index in [2.05, 4.69) is 5.32 Å². The number of ether oxygens (including phenoxy) is 1. The summed E-state index contributed by atoms with van der Waals surface area (Å²) >= 11 is 11.8. The van der Waals surface area contributed by atoms with E-state index in [9.17, 15) is 5.11 Å². The van der Waals surface area contributed by atoms with Gasteiger partial charge >= 0.3 is 0 Å². The van der Waals surface area contributed by atoms with Gasteiger partial charge in [0, 0.05) is 23.2 Å². The molecule has 0 spiro atoms. The van der Waals surface area contributed by atoms with Crippen LogP contribution in [-0.2, 0) is 0 Å². The summed E-state index contributed by atoms with van der Waals surface area (Å²) in [6, 6.07) is 4.99. The highest BCUT2D eigenvalue weighted by molar-refractivity contribution is 6.34. The Labute approximate surface area is 118 Å². The fraction of sp³-hybridized carbons (Fsp3) is 0.538. The lowest BCUT2D eigenvalue weighted by molar-refractivity contribution is 0.100. The molecule has 0 aromatic heterocycles. The summed E-state index contributed by atoms with van der Waals surface area (Å²) in [4.78, 5) is 0. The zero-order chi connectivity index (χ0) is 13.8. The van der Waals surface area contributed by atoms with E-state index in [-0.39, 0.29) is 12.1 Å². The summed E-state index contributed by atoms with van der Waals surface area (Å²) in [6.07, 6.45) is -0.598. The molecule has 0 bridgehead atoms. The highest BCUT2D eigenvalue weighted by Crippen LogP contribution is 2.27. The van der Waals surface area contributed by atoms with Crippen LogP contribution >= 0.6 is 23.2 Å². The molecule has 1 aromatic rings. The lowest BCUT2D eigenvalue weighted by Crippen LogP contribution is -2.42. The molecule has 3 nitrogen and oxygen atoms in total. The lowest BCUT2D eigenvalue weighted by atomic mass is 10.1. The topological polar surface area (TPSA) is 41.5 Å². The van der Waals surface area contributed by atoms with Crippen molar-refractivity contribution in [2.24, 2.45) is 0 Å². The highest BCUT2D eigenvalue weighted by atomic mass is 35.5. The van der Waals surface area contributed by atoms with Gasteiger partial charge in [-0.1, -0.05) is 23.2 Å². The minimum atomic E-state index is -0.598.